The highest BCUT2D eigenvalue weighted by molar-refractivity contribution is 7.93. The maximum absolute atomic E-state index is 12.7. The molecule has 0 bridgehead atoms. The summed E-state index contributed by atoms with van der Waals surface area (Å²) in [6.45, 7) is 2.19. The summed E-state index contributed by atoms with van der Waals surface area (Å²) in [7, 11) is -2.28. The van der Waals surface area contributed by atoms with Crippen molar-refractivity contribution in [1.29, 1.82) is 0 Å². The Labute approximate surface area is 151 Å². The Morgan fingerprint density at radius 3 is 2.42 bits per heavy atom. The number of aliphatic hydroxyl groups excluding tert-OH is 1. The van der Waals surface area contributed by atoms with Crippen LogP contribution in [0.4, 0.5) is 0 Å². The quantitative estimate of drug-likeness (QED) is 0.567. The van der Waals surface area contributed by atoms with Crippen LogP contribution in [-0.2, 0) is 30.8 Å². The maximum Gasteiger partial charge on any atom is 0.330 e. The molecule has 0 aliphatic carbocycles. The second kappa shape index (κ2) is 6.24. The molecule has 3 rings (SSSR count). The van der Waals surface area contributed by atoms with E-state index in [0.29, 0.717) is 11.3 Å². The molecule has 0 radical (unpaired) electrons. The van der Waals surface area contributed by atoms with Gasteiger partial charge >= 0.3 is 5.97 Å². The van der Waals surface area contributed by atoms with Crippen molar-refractivity contribution in [2.45, 2.75) is 36.6 Å². The third-order valence-corrected chi connectivity index (χ3v) is 8.02. The molecule has 2 fully saturated rings. The van der Waals surface area contributed by atoms with Crippen molar-refractivity contribution in [1.82, 2.24) is 4.90 Å². The number of β-lactam (4-membered cyclic amide) rings is 1. The smallest absolute Gasteiger partial charge is 0.330 e. The van der Waals surface area contributed by atoms with E-state index in [0.717, 1.165) is 4.90 Å². The number of aliphatic hydroxyl groups is 1. The third kappa shape index (κ3) is 2.49. The van der Waals surface area contributed by atoms with Gasteiger partial charge < -0.3 is 19.5 Å². The van der Waals surface area contributed by atoms with Crippen molar-refractivity contribution >= 4 is 21.7 Å². The van der Waals surface area contributed by atoms with E-state index in [1.54, 1.807) is 24.3 Å². The molecule has 1 aromatic carbocycles. The Morgan fingerprint density at radius 1 is 1.27 bits per heavy atom. The maximum atomic E-state index is 12.7. The number of carbonyl (C=O) groups excluding carboxylic acids is 2. The van der Waals surface area contributed by atoms with Crippen LogP contribution in [0.25, 0.3) is 0 Å². The van der Waals surface area contributed by atoms with Crippen molar-refractivity contribution in [2.75, 3.05) is 13.7 Å². The minimum absolute atomic E-state index is 0.0500. The molecule has 1 amide bonds. The number of sulfone groups is 1. The van der Waals surface area contributed by atoms with Gasteiger partial charge in [-0.25, -0.2) is 13.2 Å². The Bertz CT molecular complexity index is 831. The molecule has 8 nitrogen and oxygen atoms in total. The Kier molecular flexibility index (Phi) is 4.48. The average molecular weight is 383 g/mol. The highest BCUT2D eigenvalue weighted by Crippen LogP contribution is 2.48. The lowest BCUT2D eigenvalue weighted by molar-refractivity contribution is -0.168. The molecule has 0 saturated carbocycles. The highest BCUT2D eigenvalue weighted by atomic mass is 32.2. The number of esters is 1. The van der Waals surface area contributed by atoms with Crippen LogP contribution in [0.15, 0.2) is 24.3 Å². The molecule has 0 unspecified atom stereocenters. The zero-order valence-corrected chi connectivity index (χ0v) is 15.5. The van der Waals surface area contributed by atoms with Crippen LogP contribution < -0.4 is 4.74 Å². The molecule has 2 aliphatic rings. The molecule has 142 valence electrons. The van der Waals surface area contributed by atoms with Gasteiger partial charge in [0.25, 0.3) is 0 Å². The van der Waals surface area contributed by atoms with Crippen LogP contribution in [0.5, 0.6) is 5.75 Å². The fraction of sp³-hybridized carbons (Fsp3) is 0.529. The van der Waals surface area contributed by atoms with Crippen molar-refractivity contribution in [3.05, 3.63) is 29.8 Å². The molecule has 0 aromatic heterocycles. The number of fused-ring (bicyclic) bond motifs is 1. The monoisotopic (exact) mass is 383 g/mol. The first kappa shape index (κ1) is 18.7. The Balaban J connectivity index is 1.79. The van der Waals surface area contributed by atoms with Crippen molar-refractivity contribution in [3.8, 4) is 5.75 Å². The van der Waals surface area contributed by atoms with Crippen LogP contribution in [0.1, 0.15) is 19.4 Å². The Hall–Kier alpha value is -2.13. The summed E-state index contributed by atoms with van der Waals surface area (Å²) < 4.78 is 34.3. The number of hydrogen-bond donors (Lipinski definition) is 1. The molecule has 0 spiro atoms. The van der Waals surface area contributed by atoms with Gasteiger partial charge in [0, 0.05) is 0 Å². The standard InChI is InChI=1S/C17H21NO7S/c1-17(2)13(18-14(20)12(8-19)15(18)26(17,22)23)16(21)25-9-10-4-6-11(24-3)7-5-10/h4-7,12-13,15,19H,8-9H2,1-3H3/t12-,13+,15-/m1/s1. The van der Waals surface area contributed by atoms with Gasteiger partial charge in [-0.15, -0.1) is 0 Å². The lowest BCUT2D eigenvalue weighted by atomic mass is 9.92. The van der Waals surface area contributed by atoms with Crippen LogP contribution >= 0.6 is 0 Å². The largest absolute Gasteiger partial charge is 0.497 e. The summed E-state index contributed by atoms with van der Waals surface area (Å²) in [5.74, 6) is -1.68. The van der Waals surface area contributed by atoms with E-state index in [1.807, 2.05) is 0 Å². The van der Waals surface area contributed by atoms with E-state index < -0.39 is 50.4 Å². The number of carbonyl (C=O) groups is 2. The van der Waals surface area contributed by atoms with E-state index in [4.69, 9.17) is 9.47 Å². The Morgan fingerprint density at radius 2 is 1.88 bits per heavy atom. The van der Waals surface area contributed by atoms with Crippen LogP contribution in [-0.4, -0.2) is 60.2 Å². The first-order chi connectivity index (χ1) is 12.2. The number of amides is 1. The summed E-state index contributed by atoms with van der Waals surface area (Å²) in [5.41, 5.74) is 0.706. The van der Waals surface area contributed by atoms with E-state index in [9.17, 15) is 23.1 Å². The number of hydrogen-bond acceptors (Lipinski definition) is 7. The fourth-order valence-corrected chi connectivity index (χ4v) is 5.82. The lowest BCUT2D eigenvalue weighted by Gasteiger charge is -2.42. The van der Waals surface area contributed by atoms with Gasteiger partial charge in [0.05, 0.1) is 24.4 Å². The molecule has 2 heterocycles. The molecule has 2 aliphatic heterocycles. The predicted octanol–water partition coefficient (Wildman–Crippen LogP) is 0.0908. The molecular formula is C17H21NO7S. The molecule has 2 saturated heterocycles. The van der Waals surface area contributed by atoms with Gasteiger partial charge in [0.15, 0.2) is 9.84 Å². The predicted molar refractivity (Wildman–Crippen MR) is 90.8 cm³/mol. The van der Waals surface area contributed by atoms with Gasteiger partial charge in [-0.3, -0.25) is 4.79 Å². The molecule has 1 aromatic rings. The second-order valence-electron chi connectivity index (χ2n) is 6.93. The average Bonchev–Trinajstić information content (AvgIpc) is 2.75. The highest BCUT2D eigenvalue weighted by Gasteiger charge is 2.72. The SMILES string of the molecule is COc1ccc(COC(=O)[C@@H]2N3C(=O)[C@@H](CO)[C@H]3S(=O)(=O)C2(C)C)cc1. The normalized spacial score (nSPS) is 28.2. The second-order valence-corrected chi connectivity index (χ2v) is 9.56. The molecule has 9 heteroatoms. The van der Waals surface area contributed by atoms with Gasteiger partial charge in [-0.05, 0) is 31.5 Å². The molecule has 3 atom stereocenters. The molecule has 1 N–H and O–H groups in total. The van der Waals surface area contributed by atoms with E-state index in [1.165, 1.54) is 21.0 Å². The van der Waals surface area contributed by atoms with Gasteiger partial charge in [-0.2, -0.15) is 0 Å². The van der Waals surface area contributed by atoms with Crippen LogP contribution in [0, 0.1) is 5.92 Å². The fourth-order valence-electron chi connectivity index (χ4n) is 3.51. The number of methoxy groups -OCH3 is 1. The van der Waals surface area contributed by atoms with E-state index >= 15 is 0 Å². The number of ether oxygens (including phenoxy) is 2. The number of nitrogens with zero attached hydrogens (tertiary/aromatic N) is 1. The van der Waals surface area contributed by atoms with E-state index in [2.05, 4.69) is 0 Å². The zero-order chi connectivity index (χ0) is 19.3. The summed E-state index contributed by atoms with van der Waals surface area (Å²) in [6, 6.07) is 5.65. The minimum atomic E-state index is -3.82. The third-order valence-electron chi connectivity index (χ3n) is 5.14. The van der Waals surface area contributed by atoms with Crippen LogP contribution in [0.3, 0.4) is 0 Å². The first-order valence-corrected chi connectivity index (χ1v) is 9.67. The topological polar surface area (TPSA) is 110 Å². The number of benzene rings is 1. The summed E-state index contributed by atoms with van der Waals surface area (Å²) >= 11 is 0. The van der Waals surface area contributed by atoms with Gasteiger partial charge in [0.1, 0.15) is 23.8 Å². The summed E-state index contributed by atoms with van der Waals surface area (Å²) in [4.78, 5) is 25.8. The van der Waals surface area contributed by atoms with Crippen molar-refractivity contribution in [3.63, 3.8) is 0 Å². The van der Waals surface area contributed by atoms with Crippen molar-refractivity contribution < 1.29 is 32.6 Å². The summed E-state index contributed by atoms with van der Waals surface area (Å²) in [5, 5.41) is 8.11. The van der Waals surface area contributed by atoms with Crippen molar-refractivity contribution in [2.24, 2.45) is 5.92 Å². The minimum Gasteiger partial charge on any atom is -0.497 e. The number of rotatable bonds is 5. The first-order valence-electron chi connectivity index (χ1n) is 8.13. The van der Waals surface area contributed by atoms with Crippen LogP contribution in [0.2, 0.25) is 0 Å². The summed E-state index contributed by atoms with van der Waals surface area (Å²) in [6.07, 6.45) is 0. The van der Waals surface area contributed by atoms with E-state index in [-0.39, 0.29) is 6.61 Å². The molecular weight excluding hydrogens is 362 g/mol. The molecule has 26 heavy (non-hydrogen) atoms. The van der Waals surface area contributed by atoms with Gasteiger partial charge in [-0.1, -0.05) is 12.1 Å². The lowest BCUT2D eigenvalue weighted by Crippen LogP contribution is -2.64. The van der Waals surface area contributed by atoms with Gasteiger partial charge in [0.2, 0.25) is 5.91 Å². The zero-order valence-electron chi connectivity index (χ0n) is 14.7.